The molecule has 0 amide bonds. The molecule has 1 aliphatic rings. The SMILES string of the molecule is Cl.Cl.FC(F)(F)c1cccc(CNC2CCNCC2)c1. The quantitative estimate of drug-likeness (QED) is 0.887. The third-order valence-electron chi connectivity index (χ3n) is 3.19. The van der Waals surface area contributed by atoms with Crippen LogP contribution in [-0.2, 0) is 12.7 Å². The first-order valence-corrected chi connectivity index (χ1v) is 6.16. The Morgan fingerprint density at radius 1 is 1.15 bits per heavy atom. The number of piperidine rings is 1. The zero-order valence-corrected chi connectivity index (χ0v) is 12.5. The van der Waals surface area contributed by atoms with Crippen LogP contribution in [-0.4, -0.2) is 19.1 Å². The van der Waals surface area contributed by atoms with Crippen molar-refractivity contribution < 1.29 is 13.2 Å². The molecule has 20 heavy (non-hydrogen) atoms. The van der Waals surface area contributed by atoms with Gasteiger partial charge in [-0.1, -0.05) is 18.2 Å². The van der Waals surface area contributed by atoms with E-state index in [9.17, 15) is 13.2 Å². The van der Waals surface area contributed by atoms with Crippen molar-refractivity contribution in [1.29, 1.82) is 0 Å². The Kier molecular flexibility index (Phi) is 8.51. The van der Waals surface area contributed by atoms with Gasteiger partial charge in [-0.25, -0.2) is 0 Å². The summed E-state index contributed by atoms with van der Waals surface area (Å²) in [4.78, 5) is 0. The molecule has 0 atom stereocenters. The summed E-state index contributed by atoms with van der Waals surface area (Å²) in [6, 6.07) is 5.91. The van der Waals surface area contributed by atoms with Crippen molar-refractivity contribution in [3.05, 3.63) is 35.4 Å². The highest BCUT2D eigenvalue weighted by Gasteiger charge is 2.30. The average Bonchev–Trinajstić information content (AvgIpc) is 2.37. The lowest BCUT2D eigenvalue weighted by Crippen LogP contribution is -2.39. The van der Waals surface area contributed by atoms with Gasteiger partial charge >= 0.3 is 6.18 Å². The van der Waals surface area contributed by atoms with Crippen molar-refractivity contribution in [2.24, 2.45) is 0 Å². The van der Waals surface area contributed by atoms with Gasteiger partial charge in [0.05, 0.1) is 5.56 Å². The Labute approximate surface area is 129 Å². The molecule has 0 bridgehead atoms. The van der Waals surface area contributed by atoms with Crippen LogP contribution in [0.3, 0.4) is 0 Å². The van der Waals surface area contributed by atoms with E-state index < -0.39 is 11.7 Å². The van der Waals surface area contributed by atoms with E-state index in [-0.39, 0.29) is 24.8 Å². The van der Waals surface area contributed by atoms with Gasteiger partial charge in [-0.05, 0) is 37.6 Å². The lowest BCUT2D eigenvalue weighted by atomic mass is 10.1. The summed E-state index contributed by atoms with van der Waals surface area (Å²) in [6.07, 6.45) is -2.21. The molecule has 0 aliphatic carbocycles. The normalized spacial score (nSPS) is 16.1. The number of nitrogens with one attached hydrogen (secondary N) is 2. The minimum atomic E-state index is -4.26. The van der Waals surface area contributed by atoms with E-state index >= 15 is 0 Å². The van der Waals surface area contributed by atoms with E-state index in [4.69, 9.17) is 0 Å². The van der Waals surface area contributed by atoms with Crippen molar-refractivity contribution in [2.75, 3.05) is 13.1 Å². The van der Waals surface area contributed by atoms with Crippen molar-refractivity contribution in [2.45, 2.75) is 31.6 Å². The molecule has 1 aliphatic heterocycles. The molecule has 2 N–H and O–H groups in total. The van der Waals surface area contributed by atoms with Gasteiger partial charge in [0.1, 0.15) is 0 Å². The highest BCUT2D eigenvalue weighted by atomic mass is 35.5. The number of benzene rings is 1. The molecule has 0 saturated carbocycles. The standard InChI is InChI=1S/C13H17F3N2.2ClH/c14-13(15,16)11-3-1-2-10(8-11)9-18-12-4-6-17-7-5-12;;/h1-3,8,12,17-18H,4-7,9H2;2*1H. The topological polar surface area (TPSA) is 24.1 Å². The fourth-order valence-electron chi connectivity index (χ4n) is 2.15. The molecular weight excluding hydrogens is 312 g/mol. The number of hydrogen-bond donors (Lipinski definition) is 2. The lowest BCUT2D eigenvalue weighted by Gasteiger charge is -2.23. The van der Waals surface area contributed by atoms with Gasteiger partial charge in [-0.15, -0.1) is 24.8 Å². The molecule has 7 heteroatoms. The summed E-state index contributed by atoms with van der Waals surface area (Å²) >= 11 is 0. The van der Waals surface area contributed by atoms with E-state index in [2.05, 4.69) is 10.6 Å². The molecule has 1 aromatic rings. The summed E-state index contributed by atoms with van der Waals surface area (Å²) in [6.45, 7) is 2.44. The van der Waals surface area contributed by atoms with Gasteiger partial charge in [0.25, 0.3) is 0 Å². The Bertz CT molecular complexity index is 393. The smallest absolute Gasteiger partial charge is 0.317 e. The van der Waals surface area contributed by atoms with Crippen LogP contribution in [0.2, 0.25) is 0 Å². The predicted molar refractivity (Wildman–Crippen MR) is 78.7 cm³/mol. The van der Waals surface area contributed by atoms with E-state index in [1.165, 1.54) is 12.1 Å². The first-order chi connectivity index (χ1) is 8.55. The van der Waals surface area contributed by atoms with Crippen LogP contribution in [0, 0.1) is 0 Å². The zero-order valence-electron chi connectivity index (χ0n) is 10.9. The second kappa shape index (κ2) is 8.72. The van der Waals surface area contributed by atoms with Gasteiger partial charge in [-0.2, -0.15) is 13.2 Å². The van der Waals surface area contributed by atoms with Crippen molar-refractivity contribution in [3.63, 3.8) is 0 Å². The van der Waals surface area contributed by atoms with E-state index in [1.54, 1.807) is 6.07 Å². The summed E-state index contributed by atoms with van der Waals surface area (Å²) < 4.78 is 37.6. The van der Waals surface area contributed by atoms with E-state index in [1.807, 2.05) is 0 Å². The number of hydrogen-bond acceptors (Lipinski definition) is 2. The minimum Gasteiger partial charge on any atom is -0.317 e. The molecular formula is C13H19Cl2F3N2. The molecule has 0 spiro atoms. The van der Waals surface area contributed by atoms with Gasteiger partial charge in [-0.3, -0.25) is 0 Å². The van der Waals surface area contributed by atoms with E-state index in [0.717, 1.165) is 32.0 Å². The summed E-state index contributed by atoms with van der Waals surface area (Å²) in [5.74, 6) is 0. The summed E-state index contributed by atoms with van der Waals surface area (Å²) in [5, 5.41) is 6.56. The van der Waals surface area contributed by atoms with Gasteiger partial charge in [0.2, 0.25) is 0 Å². The van der Waals surface area contributed by atoms with Crippen LogP contribution in [0.15, 0.2) is 24.3 Å². The fourth-order valence-corrected chi connectivity index (χ4v) is 2.15. The van der Waals surface area contributed by atoms with E-state index in [0.29, 0.717) is 18.2 Å². The molecule has 2 nitrogen and oxygen atoms in total. The highest BCUT2D eigenvalue weighted by Crippen LogP contribution is 2.29. The monoisotopic (exact) mass is 330 g/mol. The van der Waals surface area contributed by atoms with Crippen LogP contribution in [0.4, 0.5) is 13.2 Å². The van der Waals surface area contributed by atoms with Crippen molar-refractivity contribution in [1.82, 2.24) is 10.6 Å². The Balaban J connectivity index is 0.00000180. The average molecular weight is 331 g/mol. The van der Waals surface area contributed by atoms with Gasteiger partial charge < -0.3 is 10.6 Å². The number of rotatable bonds is 3. The van der Waals surface area contributed by atoms with Crippen LogP contribution in [0.5, 0.6) is 0 Å². The highest BCUT2D eigenvalue weighted by molar-refractivity contribution is 5.85. The number of halogens is 5. The van der Waals surface area contributed by atoms with Gasteiger partial charge in [0, 0.05) is 12.6 Å². The maximum absolute atomic E-state index is 12.5. The molecule has 2 rings (SSSR count). The van der Waals surface area contributed by atoms with Crippen molar-refractivity contribution in [3.8, 4) is 0 Å². The lowest BCUT2D eigenvalue weighted by molar-refractivity contribution is -0.137. The second-order valence-corrected chi connectivity index (χ2v) is 4.60. The first kappa shape index (κ1) is 19.5. The zero-order chi connectivity index (χ0) is 13.0. The first-order valence-electron chi connectivity index (χ1n) is 6.16. The fraction of sp³-hybridized carbons (Fsp3) is 0.538. The molecule has 1 heterocycles. The molecule has 0 radical (unpaired) electrons. The molecule has 0 unspecified atom stereocenters. The third kappa shape index (κ3) is 5.87. The van der Waals surface area contributed by atoms with Crippen LogP contribution in [0.25, 0.3) is 0 Å². The molecule has 1 fully saturated rings. The number of alkyl halides is 3. The van der Waals surface area contributed by atoms with Crippen molar-refractivity contribution >= 4 is 24.8 Å². The van der Waals surface area contributed by atoms with Crippen LogP contribution >= 0.6 is 24.8 Å². The third-order valence-corrected chi connectivity index (χ3v) is 3.19. The summed E-state index contributed by atoms with van der Waals surface area (Å²) in [5.41, 5.74) is 0.107. The molecule has 1 saturated heterocycles. The summed E-state index contributed by atoms with van der Waals surface area (Å²) in [7, 11) is 0. The Hall–Kier alpha value is -0.490. The largest absolute Gasteiger partial charge is 0.416 e. The Morgan fingerprint density at radius 2 is 1.80 bits per heavy atom. The second-order valence-electron chi connectivity index (χ2n) is 4.60. The maximum atomic E-state index is 12.5. The maximum Gasteiger partial charge on any atom is 0.416 e. The van der Waals surface area contributed by atoms with Gasteiger partial charge in [0.15, 0.2) is 0 Å². The Morgan fingerprint density at radius 3 is 2.40 bits per heavy atom. The predicted octanol–water partition coefficient (Wildman–Crippen LogP) is 3.39. The molecule has 116 valence electrons. The molecule has 1 aromatic carbocycles. The van der Waals surface area contributed by atoms with Crippen LogP contribution in [0.1, 0.15) is 24.0 Å². The van der Waals surface area contributed by atoms with Crippen LogP contribution < -0.4 is 10.6 Å². The molecule has 0 aromatic heterocycles. The minimum absolute atomic E-state index is 0.